The van der Waals surface area contributed by atoms with Crippen LogP contribution in [0.4, 0.5) is 0 Å². The summed E-state index contributed by atoms with van der Waals surface area (Å²) in [7, 11) is 2.05. The van der Waals surface area contributed by atoms with E-state index < -0.39 is 0 Å². The molecule has 0 heterocycles. The van der Waals surface area contributed by atoms with E-state index in [1.807, 2.05) is 7.05 Å². The molecule has 120 valence electrons. The molecule has 0 aliphatic heterocycles. The molecule has 2 nitrogen and oxygen atoms in total. The Kier molecular flexibility index (Phi) is 9.77. The molecule has 3 heteroatoms. The van der Waals surface area contributed by atoms with E-state index in [1.54, 1.807) is 0 Å². The van der Waals surface area contributed by atoms with Crippen LogP contribution in [0.25, 0.3) is 0 Å². The molecule has 0 aromatic heterocycles. The zero-order valence-corrected chi connectivity index (χ0v) is 15.3. The molecule has 0 spiro atoms. The molecule has 0 saturated heterocycles. The molecule has 1 unspecified atom stereocenters. The second kappa shape index (κ2) is 11.1. The standard InChI is InChI=1S/C18H30BrNO/c1-4-6-7-8-9-10-17(20-3)15-11-12-18(16(19)14-15)21-13-5-2/h11-12,14,17,20H,4-10,13H2,1-3H3. The van der Waals surface area contributed by atoms with Crippen LogP contribution in [0.1, 0.15) is 70.4 Å². The number of nitrogens with one attached hydrogen (secondary N) is 1. The zero-order chi connectivity index (χ0) is 15.5. The maximum atomic E-state index is 5.71. The van der Waals surface area contributed by atoms with Gasteiger partial charge in [0.25, 0.3) is 0 Å². The van der Waals surface area contributed by atoms with Crippen molar-refractivity contribution in [1.29, 1.82) is 0 Å². The molecular weight excluding hydrogens is 326 g/mol. The molecule has 0 saturated carbocycles. The van der Waals surface area contributed by atoms with Gasteiger partial charge in [-0.3, -0.25) is 0 Å². The van der Waals surface area contributed by atoms with Crippen molar-refractivity contribution in [1.82, 2.24) is 5.32 Å². The first-order chi connectivity index (χ1) is 10.2. The lowest BCUT2D eigenvalue weighted by Crippen LogP contribution is -2.16. The number of rotatable bonds is 11. The van der Waals surface area contributed by atoms with Crippen LogP contribution in [0.15, 0.2) is 22.7 Å². The highest BCUT2D eigenvalue weighted by Crippen LogP contribution is 2.30. The summed E-state index contributed by atoms with van der Waals surface area (Å²) < 4.78 is 6.77. The number of hydrogen-bond acceptors (Lipinski definition) is 2. The van der Waals surface area contributed by atoms with Crippen LogP contribution in [0.5, 0.6) is 5.75 Å². The average molecular weight is 356 g/mol. The Morgan fingerprint density at radius 1 is 1.10 bits per heavy atom. The number of halogens is 1. The van der Waals surface area contributed by atoms with E-state index in [2.05, 4.69) is 53.3 Å². The number of ether oxygens (including phenoxy) is 1. The fourth-order valence-corrected chi connectivity index (χ4v) is 3.00. The summed E-state index contributed by atoms with van der Waals surface area (Å²) in [5.74, 6) is 0.943. The highest BCUT2D eigenvalue weighted by molar-refractivity contribution is 9.10. The van der Waals surface area contributed by atoms with E-state index in [1.165, 1.54) is 44.1 Å². The van der Waals surface area contributed by atoms with Gasteiger partial charge in [-0.1, -0.05) is 52.0 Å². The summed E-state index contributed by atoms with van der Waals surface area (Å²) in [5, 5.41) is 3.44. The van der Waals surface area contributed by atoms with Crippen LogP contribution < -0.4 is 10.1 Å². The van der Waals surface area contributed by atoms with Crippen LogP contribution in [0, 0.1) is 0 Å². The van der Waals surface area contributed by atoms with Gasteiger partial charge in [0.1, 0.15) is 5.75 Å². The third kappa shape index (κ3) is 6.84. The lowest BCUT2D eigenvalue weighted by atomic mass is 10.00. The molecule has 0 aliphatic carbocycles. The molecule has 0 bridgehead atoms. The smallest absolute Gasteiger partial charge is 0.133 e. The van der Waals surface area contributed by atoms with Crippen molar-refractivity contribution >= 4 is 15.9 Å². The topological polar surface area (TPSA) is 21.3 Å². The lowest BCUT2D eigenvalue weighted by Gasteiger charge is -2.18. The minimum atomic E-state index is 0.433. The van der Waals surface area contributed by atoms with Crippen molar-refractivity contribution in [3.63, 3.8) is 0 Å². The highest BCUT2D eigenvalue weighted by atomic mass is 79.9. The second-order valence-electron chi connectivity index (χ2n) is 5.58. The molecule has 21 heavy (non-hydrogen) atoms. The van der Waals surface area contributed by atoms with Gasteiger partial charge < -0.3 is 10.1 Å². The molecule has 0 fully saturated rings. The molecule has 1 aromatic carbocycles. The van der Waals surface area contributed by atoms with Crippen molar-refractivity contribution in [2.45, 2.75) is 64.8 Å². The first-order valence-electron chi connectivity index (χ1n) is 8.32. The predicted molar refractivity (Wildman–Crippen MR) is 95.1 cm³/mol. The van der Waals surface area contributed by atoms with Gasteiger partial charge in [-0.15, -0.1) is 0 Å². The normalized spacial score (nSPS) is 12.4. The van der Waals surface area contributed by atoms with Crippen molar-refractivity contribution in [3.8, 4) is 5.75 Å². The van der Waals surface area contributed by atoms with Crippen molar-refractivity contribution in [2.24, 2.45) is 0 Å². The molecular formula is C18H30BrNO. The average Bonchev–Trinajstić information content (AvgIpc) is 2.50. The fraction of sp³-hybridized carbons (Fsp3) is 0.667. The Hall–Kier alpha value is -0.540. The van der Waals surface area contributed by atoms with Gasteiger partial charge >= 0.3 is 0 Å². The lowest BCUT2D eigenvalue weighted by molar-refractivity contribution is 0.315. The van der Waals surface area contributed by atoms with Gasteiger partial charge in [0.2, 0.25) is 0 Å². The summed E-state index contributed by atoms with van der Waals surface area (Å²) in [4.78, 5) is 0. The van der Waals surface area contributed by atoms with E-state index >= 15 is 0 Å². The highest BCUT2D eigenvalue weighted by Gasteiger charge is 2.11. The maximum Gasteiger partial charge on any atom is 0.133 e. The summed E-state index contributed by atoms with van der Waals surface area (Å²) in [6.07, 6.45) is 8.89. The SMILES string of the molecule is CCCCCCCC(NC)c1ccc(OCCC)c(Br)c1. The molecule has 0 radical (unpaired) electrons. The van der Waals surface area contributed by atoms with Crippen LogP contribution >= 0.6 is 15.9 Å². The third-order valence-corrected chi connectivity index (χ3v) is 4.38. The van der Waals surface area contributed by atoms with Crippen molar-refractivity contribution in [3.05, 3.63) is 28.2 Å². The number of benzene rings is 1. The number of hydrogen-bond donors (Lipinski definition) is 1. The molecule has 1 aromatic rings. The maximum absolute atomic E-state index is 5.71. The van der Waals surface area contributed by atoms with E-state index in [0.717, 1.165) is 23.2 Å². The van der Waals surface area contributed by atoms with Gasteiger partial charge in [0, 0.05) is 6.04 Å². The van der Waals surface area contributed by atoms with Crippen LogP contribution in [-0.4, -0.2) is 13.7 Å². The Labute approximate surface area is 138 Å². The second-order valence-corrected chi connectivity index (χ2v) is 6.44. The van der Waals surface area contributed by atoms with E-state index in [-0.39, 0.29) is 0 Å². The van der Waals surface area contributed by atoms with E-state index in [4.69, 9.17) is 4.74 Å². The van der Waals surface area contributed by atoms with Gasteiger partial charge in [-0.25, -0.2) is 0 Å². The Bertz CT molecular complexity index is 395. The Morgan fingerprint density at radius 3 is 2.48 bits per heavy atom. The molecule has 0 amide bonds. The molecule has 1 N–H and O–H groups in total. The first-order valence-corrected chi connectivity index (χ1v) is 9.11. The molecule has 1 rings (SSSR count). The van der Waals surface area contributed by atoms with Gasteiger partial charge in [-0.2, -0.15) is 0 Å². The zero-order valence-electron chi connectivity index (χ0n) is 13.8. The first kappa shape index (κ1) is 18.5. The van der Waals surface area contributed by atoms with E-state index in [0.29, 0.717) is 6.04 Å². The summed E-state index contributed by atoms with van der Waals surface area (Å²) in [5.41, 5.74) is 1.34. The quantitative estimate of drug-likeness (QED) is 0.502. The largest absolute Gasteiger partial charge is 0.492 e. The predicted octanol–water partition coefficient (Wildman–Crippen LogP) is 5.86. The van der Waals surface area contributed by atoms with Crippen LogP contribution in [-0.2, 0) is 0 Å². The van der Waals surface area contributed by atoms with Gasteiger partial charge in [-0.05, 0) is 53.5 Å². The Balaban J connectivity index is 2.53. The molecule has 1 atom stereocenters. The monoisotopic (exact) mass is 355 g/mol. The van der Waals surface area contributed by atoms with Crippen molar-refractivity contribution in [2.75, 3.05) is 13.7 Å². The summed E-state index contributed by atoms with van der Waals surface area (Å²) >= 11 is 3.62. The summed E-state index contributed by atoms with van der Waals surface area (Å²) in [6, 6.07) is 6.89. The number of unbranched alkanes of at least 4 members (excludes halogenated alkanes) is 4. The van der Waals surface area contributed by atoms with Crippen LogP contribution in [0.2, 0.25) is 0 Å². The van der Waals surface area contributed by atoms with Gasteiger partial charge in [0.15, 0.2) is 0 Å². The summed E-state index contributed by atoms with van der Waals surface area (Å²) in [6.45, 7) is 5.15. The minimum Gasteiger partial charge on any atom is -0.492 e. The third-order valence-electron chi connectivity index (χ3n) is 3.76. The minimum absolute atomic E-state index is 0.433. The fourth-order valence-electron chi connectivity index (χ4n) is 2.49. The van der Waals surface area contributed by atoms with Crippen LogP contribution in [0.3, 0.4) is 0 Å². The Morgan fingerprint density at radius 2 is 1.86 bits per heavy atom. The van der Waals surface area contributed by atoms with Crippen molar-refractivity contribution < 1.29 is 4.74 Å². The molecule has 0 aliphatic rings. The van der Waals surface area contributed by atoms with E-state index in [9.17, 15) is 0 Å². The van der Waals surface area contributed by atoms with Gasteiger partial charge in [0.05, 0.1) is 11.1 Å².